The van der Waals surface area contributed by atoms with Crippen LogP contribution in [0.2, 0.25) is 0 Å². The van der Waals surface area contributed by atoms with Gasteiger partial charge < -0.3 is 0 Å². The van der Waals surface area contributed by atoms with Crippen molar-refractivity contribution in [2.45, 2.75) is 30.7 Å². The zero-order valence-corrected chi connectivity index (χ0v) is 15.3. The molecule has 2 heterocycles. The third kappa shape index (κ3) is 3.17. The maximum atomic E-state index is 4.74. The smallest absolute Gasteiger partial charge is 0.164 e. The summed E-state index contributed by atoms with van der Waals surface area (Å²) in [6.45, 7) is 6.32. The van der Waals surface area contributed by atoms with Gasteiger partial charge >= 0.3 is 0 Å². The van der Waals surface area contributed by atoms with Crippen LogP contribution in [0.25, 0.3) is 16.9 Å². The summed E-state index contributed by atoms with van der Waals surface area (Å²) in [6.07, 6.45) is 5.77. The summed E-state index contributed by atoms with van der Waals surface area (Å²) < 4.78 is 2.12. The average molecular weight is 345 g/mol. The molecule has 4 heteroatoms. The minimum atomic E-state index is 0.891. The van der Waals surface area contributed by atoms with Gasteiger partial charge in [-0.2, -0.15) is 0 Å². The van der Waals surface area contributed by atoms with Crippen LogP contribution >= 0.6 is 11.8 Å². The Kier molecular flexibility index (Phi) is 4.06. The van der Waals surface area contributed by atoms with Gasteiger partial charge in [0.25, 0.3) is 0 Å². The summed E-state index contributed by atoms with van der Waals surface area (Å²) in [4.78, 5) is 10.5. The molecule has 124 valence electrons. The van der Waals surface area contributed by atoms with Crippen molar-refractivity contribution in [1.29, 1.82) is 0 Å². The van der Waals surface area contributed by atoms with E-state index >= 15 is 0 Å². The Bertz CT molecular complexity index is 1030. The molecule has 0 spiro atoms. The second kappa shape index (κ2) is 6.37. The van der Waals surface area contributed by atoms with Gasteiger partial charge in [-0.05, 0) is 45.0 Å². The number of aromatic nitrogens is 3. The molecule has 0 unspecified atom stereocenters. The van der Waals surface area contributed by atoms with Crippen molar-refractivity contribution in [3.8, 4) is 11.3 Å². The molecule has 25 heavy (non-hydrogen) atoms. The Labute approximate surface area is 151 Å². The number of benzene rings is 2. The van der Waals surface area contributed by atoms with E-state index in [0.29, 0.717) is 0 Å². The van der Waals surface area contributed by atoms with Gasteiger partial charge in [-0.15, -0.1) is 0 Å². The Morgan fingerprint density at radius 3 is 2.28 bits per heavy atom. The molecule has 0 saturated carbocycles. The Balaban J connectivity index is 1.80. The summed E-state index contributed by atoms with van der Waals surface area (Å²) >= 11 is 1.70. The molecule has 3 nitrogen and oxygen atoms in total. The number of hydrogen-bond donors (Lipinski definition) is 0. The summed E-state index contributed by atoms with van der Waals surface area (Å²) in [5.41, 5.74) is 6.66. The van der Waals surface area contributed by atoms with Crippen molar-refractivity contribution in [1.82, 2.24) is 14.4 Å². The molecule has 4 rings (SSSR count). The lowest BCUT2D eigenvalue weighted by Crippen LogP contribution is -1.96. The van der Waals surface area contributed by atoms with Crippen LogP contribution in [0.3, 0.4) is 0 Å². The topological polar surface area (TPSA) is 30.2 Å². The van der Waals surface area contributed by atoms with Crippen LogP contribution in [-0.4, -0.2) is 14.4 Å². The van der Waals surface area contributed by atoms with E-state index in [4.69, 9.17) is 4.98 Å². The van der Waals surface area contributed by atoms with Gasteiger partial charge in [0.2, 0.25) is 0 Å². The zero-order chi connectivity index (χ0) is 17.4. The van der Waals surface area contributed by atoms with Crippen molar-refractivity contribution in [2.75, 3.05) is 0 Å². The number of imidazole rings is 1. The molecular weight excluding hydrogens is 326 g/mol. The normalized spacial score (nSPS) is 11.2. The number of rotatable bonds is 3. The molecule has 0 N–H and O–H groups in total. The van der Waals surface area contributed by atoms with Crippen molar-refractivity contribution >= 4 is 17.4 Å². The average Bonchev–Trinajstić information content (AvgIpc) is 3.06. The maximum absolute atomic E-state index is 4.74. The van der Waals surface area contributed by atoms with E-state index in [-0.39, 0.29) is 0 Å². The summed E-state index contributed by atoms with van der Waals surface area (Å²) in [7, 11) is 0. The van der Waals surface area contributed by atoms with Gasteiger partial charge in [-0.3, -0.25) is 4.40 Å². The molecule has 0 fully saturated rings. The van der Waals surface area contributed by atoms with E-state index in [1.54, 1.807) is 11.8 Å². The standard InChI is InChI=1S/C21H19N3S/c1-14-4-6-18(7-5-14)25-19-13-23-20(21-22-8-9-24(19)21)17-11-15(2)10-16(3)12-17/h4-13H,1-3H3. The molecule has 2 aromatic heterocycles. The van der Waals surface area contributed by atoms with Crippen LogP contribution in [0.1, 0.15) is 16.7 Å². The van der Waals surface area contributed by atoms with Gasteiger partial charge in [0.1, 0.15) is 10.7 Å². The molecular formula is C21H19N3S. The van der Waals surface area contributed by atoms with E-state index in [0.717, 1.165) is 21.9 Å². The molecule has 0 radical (unpaired) electrons. The van der Waals surface area contributed by atoms with E-state index < -0.39 is 0 Å². The highest BCUT2D eigenvalue weighted by Gasteiger charge is 2.12. The molecule has 4 aromatic rings. The monoisotopic (exact) mass is 345 g/mol. The first-order valence-corrected chi connectivity index (χ1v) is 9.07. The van der Waals surface area contributed by atoms with Gasteiger partial charge in [-0.1, -0.05) is 46.7 Å². The lowest BCUT2D eigenvalue weighted by atomic mass is 10.1. The first-order chi connectivity index (χ1) is 12.1. The lowest BCUT2D eigenvalue weighted by Gasteiger charge is -2.10. The first-order valence-electron chi connectivity index (χ1n) is 8.25. The lowest BCUT2D eigenvalue weighted by molar-refractivity contribution is 0.984. The van der Waals surface area contributed by atoms with Gasteiger partial charge in [-0.25, -0.2) is 9.97 Å². The molecule has 0 aliphatic rings. The van der Waals surface area contributed by atoms with Gasteiger partial charge in [0.05, 0.1) is 6.20 Å². The van der Waals surface area contributed by atoms with E-state index in [9.17, 15) is 0 Å². The molecule has 0 bridgehead atoms. The fourth-order valence-corrected chi connectivity index (χ4v) is 3.88. The number of nitrogens with zero attached hydrogens (tertiary/aromatic N) is 3. The summed E-state index contributed by atoms with van der Waals surface area (Å²) in [5, 5.41) is 1.06. The first kappa shape index (κ1) is 15.9. The van der Waals surface area contributed by atoms with Crippen LogP contribution < -0.4 is 0 Å². The number of aryl methyl sites for hydroxylation is 3. The largest absolute Gasteiger partial charge is 0.291 e. The minimum absolute atomic E-state index is 0.891. The SMILES string of the molecule is Cc1ccc(Sc2cnc(-c3cc(C)cc(C)c3)c3nccn23)cc1. The van der Waals surface area contributed by atoms with Gasteiger partial charge in [0, 0.05) is 22.9 Å². The van der Waals surface area contributed by atoms with Crippen molar-refractivity contribution in [3.63, 3.8) is 0 Å². The Morgan fingerprint density at radius 2 is 1.56 bits per heavy atom. The predicted octanol–water partition coefficient (Wildman–Crippen LogP) is 5.47. The fourth-order valence-electron chi connectivity index (χ4n) is 3.01. The highest BCUT2D eigenvalue weighted by molar-refractivity contribution is 7.99. The van der Waals surface area contributed by atoms with E-state index in [1.165, 1.54) is 21.6 Å². The third-order valence-corrected chi connectivity index (χ3v) is 5.15. The van der Waals surface area contributed by atoms with Crippen molar-refractivity contribution < 1.29 is 0 Å². The van der Waals surface area contributed by atoms with E-state index in [2.05, 4.69) is 72.6 Å². The Morgan fingerprint density at radius 1 is 0.840 bits per heavy atom. The fraction of sp³-hybridized carbons (Fsp3) is 0.143. The number of hydrogen-bond acceptors (Lipinski definition) is 3. The third-order valence-electron chi connectivity index (χ3n) is 4.13. The molecule has 0 amide bonds. The van der Waals surface area contributed by atoms with Gasteiger partial charge in [0.15, 0.2) is 5.65 Å². The summed E-state index contributed by atoms with van der Waals surface area (Å²) in [5.74, 6) is 0. The molecule has 2 aromatic carbocycles. The van der Waals surface area contributed by atoms with Crippen molar-refractivity contribution in [3.05, 3.63) is 77.7 Å². The minimum Gasteiger partial charge on any atom is -0.291 e. The molecule has 0 atom stereocenters. The van der Waals surface area contributed by atoms with Crippen LogP contribution in [0.5, 0.6) is 0 Å². The van der Waals surface area contributed by atoms with E-state index in [1.807, 2.05) is 18.6 Å². The number of fused-ring (bicyclic) bond motifs is 1. The second-order valence-electron chi connectivity index (χ2n) is 6.36. The maximum Gasteiger partial charge on any atom is 0.164 e. The molecule has 0 aliphatic heterocycles. The van der Waals surface area contributed by atoms with Crippen LogP contribution in [0.15, 0.2) is 71.0 Å². The quantitative estimate of drug-likeness (QED) is 0.493. The molecule has 0 aliphatic carbocycles. The van der Waals surface area contributed by atoms with Crippen molar-refractivity contribution in [2.24, 2.45) is 0 Å². The highest BCUT2D eigenvalue weighted by atomic mass is 32.2. The summed E-state index contributed by atoms with van der Waals surface area (Å²) in [6, 6.07) is 15.0. The second-order valence-corrected chi connectivity index (χ2v) is 7.45. The Hall–Kier alpha value is -2.59. The van der Waals surface area contributed by atoms with Crippen LogP contribution in [0.4, 0.5) is 0 Å². The van der Waals surface area contributed by atoms with Crippen LogP contribution in [-0.2, 0) is 0 Å². The predicted molar refractivity (Wildman–Crippen MR) is 103 cm³/mol. The van der Waals surface area contributed by atoms with Crippen LogP contribution in [0, 0.1) is 20.8 Å². The zero-order valence-electron chi connectivity index (χ0n) is 14.5. The molecule has 0 saturated heterocycles. The highest BCUT2D eigenvalue weighted by Crippen LogP contribution is 2.31.